The number of nitrogens with one attached hydrogen (secondary N) is 1. The summed E-state index contributed by atoms with van der Waals surface area (Å²) in [4.78, 5) is 0. The van der Waals surface area contributed by atoms with Crippen LogP contribution >= 0.6 is 0 Å². The highest BCUT2D eigenvalue weighted by Crippen LogP contribution is 2.15. The normalized spacial score (nSPS) is 29.7. The zero-order chi connectivity index (χ0) is 7.94. The summed E-state index contributed by atoms with van der Waals surface area (Å²) in [6, 6.07) is 0. The molecular weight excluding hydrogens is 138 g/mol. The van der Waals surface area contributed by atoms with Crippen LogP contribution in [0.5, 0.6) is 0 Å². The summed E-state index contributed by atoms with van der Waals surface area (Å²) >= 11 is 0. The quantitative estimate of drug-likeness (QED) is 0.576. The molecule has 0 aromatic heterocycles. The van der Waals surface area contributed by atoms with E-state index in [0.29, 0.717) is 6.10 Å². The lowest BCUT2D eigenvalue weighted by Gasteiger charge is -2.18. The van der Waals surface area contributed by atoms with Crippen molar-refractivity contribution in [3.8, 4) is 0 Å². The fourth-order valence-corrected chi connectivity index (χ4v) is 0.947. The molecule has 0 bridgehead atoms. The fraction of sp³-hybridized carbons (Fsp3) is 1.00. The molecule has 0 spiro atoms. The topological polar surface area (TPSA) is 21.3 Å². The van der Waals surface area contributed by atoms with Gasteiger partial charge >= 0.3 is 0 Å². The van der Waals surface area contributed by atoms with Gasteiger partial charge in [0.05, 0.1) is 12.7 Å². The van der Waals surface area contributed by atoms with E-state index in [1.165, 1.54) is 25.7 Å². The Morgan fingerprint density at radius 3 is 2.00 bits per heavy atom. The summed E-state index contributed by atoms with van der Waals surface area (Å²) in [5.74, 6) is 0. The first kappa shape index (κ1) is 9.01. The van der Waals surface area contributed by atoms with E-state index >= 15 is 0 Å². The predicted molar refractivity (Wildman–Crippen MR) is 46.8 cm³/mol. The first-order valence-corrected chi connectivity index (χ1v) is 4.72. The monoisotopic (exact) mass is 157 g/mol. The number of ether oxygens (including phenoxy) is 1. The van der Waals surface area contributed by atoms with E-state index in [2.05, 4.69) is 12.2 Å². The van der Waals surface area contributed by atoms with Crippen LogP contribution in [0.4, 0.5) is 0 Å². The molecule has 2 rings (SSSR count). The highest BCUT2D eigenvalue weighted by atomic mass is 16.5. The Hall–Kier alpha value is -0.0800. The Balaban J connectivity index is 0.000000128. The molecule has 2 nitrogen and oxygen atoms in total. The molecule has 1 atom stereocenters. The minimum Gasteiger partial charge on any atom is -0.376 e. The summed E-state index contributed by atoms with van der Waals surface area (Å²) in [6.45, 7) is 4.98. The lowest BCUT2D eigenvalue weighted by Crippen LogP contribution is -2.36. The van der Waals surface area contributed by atoms with Crippen LogP contribution in [-0.2, 0) is 4.74 Å². The van der Waals surface area contributed by atoms with E-state index < -0.39 is 0 Å². The van der Waals surface area contributed by atoms with Gasteiger partial charge in [0.2, 0.25) is 0 Å². The first-order chi connectivity index (χ1) is 5.39. The number of rotatable bonds is 0. The Morgan fingerprint density at radius 2 is 1.82 bits per heavy atom. The molecule has 0 aromatic rings. The highest BCUT2D eigenvalue weighted by molar-refractivity contribution is 4.59. The molecule has 1 saturated heterocycles. The maximum atomic E-state index is 5.22. The highest BCUT2D eigenvalue weighted by Gasteiger charge is 2.04. The van der Waals surface area contributed by atoms with Crippen LogP contribution in [0.3, 0.4) is 0 Å². The largest absolute Gasteiger partial charge is 0.376 e. The molecule has 2 fully saturated rings. The molecule has 11 heavy (non-hydrogen) atoms. The van der Waals surface area contributed by atoms with E-state index in [9.17, 15) is 0 Å². The third-order valence-corrected chi connectivity index (χ3v) is 2.11. The average Bonchev–Trinajstić information content (AvgIpc) is 1.85. The maximum Gasteiger partial charge on any atom is 0.0672 e. The minimum absolute atomic E-state index is 0.425. The van der Waals surface area contributed by atoms with E-state index in [1.807, 2.05) is 0 Å². The molecule has 2 heteroatoms. The zero-order valence-electron chi connectivity index (χ0n) is 7.44. The Morgan fingerprint density at radius 1 is 1.18 bits per heavy atom. The van der Waals surface area contributed by atoms with E-state index in [0.717, 1.165) is 19.7 Å². The molecule has 0 aromatic carbocycles. The van der Waals surface area contributed by atoms with Crippen molar-refractivity contribution in [3.63, 3.8) is 0 Å². The lowest BCUT2D eigenvalue weighted by atomic mass is 10.0. The molecule has 1 heterocycles. The molecule has 1 aliphatic heterocycles. The van der Waals surface area contributed by atoms with Crippen molar-refractivity contribution < 1.29 is 4.74 Å². The first-order valence-electron chi connectivity index (χ1n) is 4.72. The summed E-state index contributed by atoms with van der Waals surface area (Å²) in [5, 5.41) is 3.21. The minimum atomic E-state index is 0.425. The Bertz CT molecular complexity index is 81.6. The third-order valence-electron chi connectivity index (χ3n) is 2.11. The molecular formula is C9H19NO. The van der Waals surface area contributed by atoms with Crippen molar-refractivity contribution in [1.29, 1.82) is 0 Å². The lowest BCUT2D eigenvalue weighted by molar-refractivity contribution is 0.0410. The molecule has 1 unspecified atom stereocenters. The van der Waals surface area contributed by atoms with Gasteiger partial charge in [0.1, 0.15) is 0 Å². The maximum absolute atomic E-state index is 5.22. The summed E-state index contributed by atoms with van der Waals surface area (Å²) in [7, 11) is 0. The second-order valence-electron chi connectivity index (χ2n) is 3.30. The van der Waals surface area contributed by atoms with Gasteiger partial charge in [-0.3, -0.25) is 0 Å². The van der Waals surface area contributed by atoms with Crippen LogP contribution in [-0.4, -0.2) is 25.8 Å². The van der Waals surface area contributed by atoms with Gasteiger partial charge in [-0.2, -0.15) is 0 Å². The second kappa shape index (κ2) is 5.56. The number of hydrogen-bond donors (Lipinski definition) is 1. The molecule has 1 saturated carbocycles. The average molecular weight is 157 g/mol. The van der Waals surface area contributed by atoms with Gasteiger partial charge in [0.15, 0.2) is 0 Å². The second-order valence-corrected chi connectivity index (χ2v) is 3.30. The van der Waals surface area contributed by atoms with Crippen molar-refractivity contribution in [3.05, 3.63) is 0 Å². The SMILES string of the molecule is C1CCC1.CC1CNCCO1. The van der Waals surface area contributed by atoms with Gasteiger partial charge in [-0.25, -0.2) is 0 Å². The molecule has 1 N–H and O–H groups in total. The van der Waals surface area contributed by atoms with Crippen molar-refractivity contribution in [2.24, 2.45) is 0 Å². The zero-order valence-corrected chi connectivity index (χ0v) is 7.44. The summed E-state index contributed by atoms with van der Waals surface area (Å²) in [5.41, 5.74) is 0. The number of hydrogen-bond acceptors (Lipinski definition) is 2. The van der Waals surface area contributed by atoms with Crippen LogP contribution in [0.25, 0.3) is 0 Å². The van der Waals surface area contributed by atoms with Crippen molar-refractivity contribution in [2.75, 3.05) is 19.7 Å². The molecule has 66 valence electrons. The summed E-state index contributed by atoms with van der Waals surface area (Å²) < 4.78 is 5.22. The third kappa shape index (κ3) is 4.38. The standard InChI is InChI=1S/C5H11NO.C4H8/c1-5-4-6-2-3-7-5;1-2-4-3-1/h5-6H,2-4H2,1H3;1-4H2. The van der Waals surface area contributed by atoms with Crippen LogP contribution < -0.4 is 5.32 Å². The van der Waals surface area contributed by atoms with Gasteiger partial charge in [-0.1, -0.05) is 25.7 Å². The van der Waals surface area contributed by atoms with Crippen molar-refractivity contribution in [2.45, 2.75) is 38.7 Å². The Labute approximate surface area is 69.3 Å². The molecule has 2 aliphatic rings. The van der Waals surface area contributed by atoms with E-state index in [4.69, 9.17) is 4.74 Å². The van der Waals surface area contributed by atoms with Crippen molar-refractivity contribution in [1.82, 2.24) is 5.32 Å². The molecule has 0 radical (unpaired) electrons. The van der Waals surface area contributed by atoms with Gasteiger partial charge < -0.3 is 10.1 Å². The molecule has 1 aliphatic carbocycles. The van der Waals surface area contributed by atoms with Gasteiger partial charge in [-0.15, -0.1) is 0 Å². The van der Waals surface area contributed by atoms with Gasteiger partial charge in [0.25, 0.3) is 0 Å². The van der Waals surface area contributed by atoms with Gasteiger partial charge in [0, 0.05) is 13.1 Å². The van der Waals surface area contributed by atoms with E-state index in [1.54, 1.807) is 0 Å². The van der Waals surface area contributed by atoms with Crippen LogP contribution in [0.2, 0.25) is 0 Å². The van der Waals surface area contributed by atoms with Crippen molar-refractivity contribution >= 4 is 0 Å². The molecule has 0 amide bonds. The van der Waals surface area contributed by atoms with Gasteiger partial charge in [-0.05, 0) is 6.92 Å². The van der Waals surface area contributed by atoms with E-state index in [-0.39, 0.29) is 0 Å². The smallest absolute Gasteiger partial charge is 0.0672 e. The fourth-order valence-electron chi connectivity index (χ4n) is 0.947. The Kier molecular flexibility index (Phi) is 4.55. The van der Waals surface area contributed by atoms with Crippen LogP contribution in [0, 0.1) is 0 Å². The number of morpholine rings is 1. The van der Waals surface area contributed by atoms with Crippen LogP contribution in [0.15, 0.2) is 0 Å². The van der Waals surface area contributed by atoms with Crippen LogP contribution in [0.1, 0.15) is 32.6 Å². The summed E-state index contributed by atoms with van der Waals surface area (Å²) in [6.07, 6.45) is 6.42. The predicted octanol–water partition coefficient (Wildman–Crippen LogP) is 1.56.